The summed E-state index contributed by atoms with van der Waals surface area (Å²) in [7, 11) is 0. The highest BCUT2D eigenvalue weighted by atomic mass is 16.5. The summed E-state index contributed by atoms with van der Waals surface area (Å²) >= 11 is 0. The topological polar surface area (TPSA) is 50.1 Å². The smallest absolute Gasteiger partial charge is 0.314 e. The van der Waals surface area contributed by atoms with Gasteiger partial charge in [-0.3, -0.25) is 4.79 Å². The predicted molar refractivity (Wildman–Crippen MR) is 109 cm³/mol. The van der Waals surface area contributed by atoms with Crippen molar-refractivity contribution in [2.24, 2.45) is 11.8 Å². The van der Waals surface area contributed by atoms with E-state index in [0.29, 0.717) is 11.7 Å². The lowest BCUT2D eigenvalue weighted by Crippen LogP contribution is -2.25. The first kappa shape index (κ1) is 21.0. The molecule has 3 heteroatoms. The highest BCUT2D eigenvalue weighted by Crippen LogP contribution is 2.32. The molecule has 0 atom stereocenters. The summed E-state index contributed by atoms with van der Waals surface area (Å²) in [6.45, 7) is 2.19. The fourth-order valence-corrected chi connectivity index (χ4v) is 3.60. The first-order chi connectivity index (χ1) is 13.2. The summed E-state index contributed by atoms with van der Waals surface area (Å²) in [5.41, 5.74) is 1.30. The second-order valence-electron chi connectivity index (χ2n) is 7.38. The minimum atomic E-state index is -0.0729. The van der Waals surface area contributed by atoms with Gasteiger partial charge in [0.1, 0.15) is 5.75 Å². The first-order valence-corrected chi connectivity index (χ1v) is 10.2. The fourth-order valence-electron chi connectivity index (χ4n) is 3.60. The van der Waals surface area contributed by atoms with E-state index in [2.05, 4.69) is 25.1 Å². The number of carbonyl (C=O) groups excluding carboxylic acids is 1. The van der Waals surface area contributed by atoms with Crippen molar-refractivity contribution < 1.29 is 9.53 Å². The van der Waals surface area contributed by atoms with Gasteiger partial charge in [-0.15, -0.1) is 0 Å². The molecule has 0 radical (unpaired) electrons. The van der Waals surface area contributed by atoms with Crippen LogP contribution in [0.1, 0.15) is 63.9 Å². The number of rotatable bonds is 9. The van der Waals surface area contributed by atoms with Crippen molar-refractivity contribution in [1.82, 2.24) is 0 Å². The number of benzene rings is 1. The van der Waals surface area contributed by atoms with E-state index in [1.165, 1.54) is 24.5 Å². The quantitative estimate of drug-likeness (QED) is 0.228. The maximum atomic E-state index is 12.4. The third kappa shape index (κ3) is 7.83. The van der Waals surface area contributed by atoms with Crippen LogP contribution in [0, 0.1) is 23.2 Å². The average molecular weight is 366 g/mol. The van der Waals surface area contributed by atoms with Crippen molar-refractivity contribution in [2.75, 3.05) is 0 Å². The van der Waals surface area contributed by atoms with Crippen molar-refractivity contribution in [2.45, 2.75) is 64.7 Å². The van der Waals surface area contributed by atoms with Gasteiger partial charge in [0.05, 0.1) is 12.0 Å². The molecule has 1 aliphatic rings. The van der Waals surface area contributed by atoms with Gasteiger partial charge in [0.15, 0.2) is 0 Å². The molecule has 1 aromatic rings. The number of hydrogen-bond acceptors (Lipinski definition) is 3. The Kier molecular flexibility index (Phi) is 9.41. The summed E-state index contributed by atoms with van der Waals surface area (Å²) in [5, 5.41) is 8.42. The molecule has 1 fully saturated rings. The van der Waals surface area contributed by atoms with E-state index in [0.717, 1.165) is 44.9 Å². The Balaban J connectivity index is 1.69. The molecule has 0 N–H and O–H groups in total. The molecule has 2 rings (SSSR count). The van der Waals surface area contributed by atoms with Gasteiger partial charge in [-0.2, -0.15) is 5.26 Å². The Hall–Kier alpha value is -2.34. The molecule has 0 spiro atoms. The number of nitriles is 1. The van der Waals surface area contributed by atoms with Crippen LogP contribution < -0.4 is 4.74 Å². The molecule has 0 saturated heterocycles. The molecule has 0 unspecified atom stereocenters. The highest BCUT2D eigenvalue weighted by molar-refractivity contribution is 5.75. The predicted octanol–water partition coefficient (Wildman–Crippen LogP) is 6.16. The lowest BCUT2D eigenvalue weighted by molar-refractivity contribution is -0.140. The Morgan fingerprint density at radius 1 is 1.19 bits per heavy atom. The maximum Gasteiger partial charge on any atom is 0.314 e. The van der Waals surface area contributed by atoms with Crippen molar-refractivity contribution in [3.05, 3.63) is 54.1 Å². The summed E-state index contributed by atoms with van der Waals surface area (Å²) in [6, 6.07) is 9.94. The molecular weight excluding hydrogens is 334 g/mol. The zero-order valence-electron chi connectivity index (χ0n) is 16.4. The van der Waals surface area contributed by atoms with E-state index < -0.39 is 0 Å². The highest BCUT2D eigenvalue weighted by Gasteiger charge is 2.27. The summed E-state index contributed by atoms with van der Waals surface area (Å²) in [5.74, 6) is 1.32. The van der Waals surface area contributed by atoms with Crippen LogP contribution in [-0.4, -0.2) is 5.97 Å². The van der Waals surface area contributed by atoms with E-state index >= 15 is 0 Å². The lowest BCUT2D eigenvalue weighted by Gasteiger charge is -2.26. The molecule has 0 bridgehead atoms. The Labute approximate surface area is 163 Å². The van der Waals surface area contributed by atoms with Crippen LogP contribution in [0.4, 0.5) is 0 Å². The number of ether oxygens (including phenoxy) is 1. The average Bonchev–Trinajstić information content (AvgIpc) is 2.70. The summed E-state index contributed by atoms with van der Waals surface area (Å²) < 4.78 is 5.60. The number of nitrogens with zero attached hydrogens (tertiary/aromatic N) is 1. The van der Waals surface area contributed by atoms with Gasteiger partial charge >= 0.3 is 5.97 Å². The Morgan fingerprint density at radius 2 is 1.93 bits per heavy atom. The molecule has 1 aromatic carbocycles. The van der Waals surface area contributed by atoms with E-state index in [4.69, 9.17) is 10.00 Å². The number of carbonyl (C=O) groups is 1. The number of hydrogen-bond donors (Lipinski definition) is 0. The number of allylic oxidation sites excluding steroid dienone is 4. The number of aryl methyl sites for hydroxylation is 1. The molecular formula is C24H31NO2. The van der Waals surface area contributed by atoms with Crippen LogP contribution >= 0.6 is 0 Å². The third-order valence-corrected chi connectivity index (χ3v) is 5.30. The second kappa shape index (κ2) is 12.1. The molecule has 3 nitrogen and oxygen atoms in total. The maximum absolute atomic E-state index is 12.4. The van der Waals surface area contributed by atoms with E-state index in [-0.39, 0.29) is 11.9 Å². The first-order valence-electron chi connectivity index (χ1n) is 10.2. The standard InChI is InChI=1S/C24H31NO2/c1-2-3-9-20-13-17-23(18-14-20)27-24(26)22-15-11-21(12-16-22)10-7-5-4-6-8-19-25/h4-6,8,13-14,17-18,21-22H,2-3,7,9-12,15-16H2,1H3/t21-,22-. The van der Waals surface area contributed by atoms with Gasteiger partial charge in [-0.05, 0) is 75.0 Å². The van der Waals surface area contributed by atoms with Crippen molar-refractivity contribution >= 4 is 5.97 Å². The van der Waals surface area contributed by atoms with Gasteiger partial charge in [-0.1, -0.05) is 43.7 Å². The number of unbranched alkanes of at least 4 members (excludes halogenated alkanes) is 1. The normalized spacial score (nSPS) is 20.0. The molecule has 27 heavy (non-hydrogen) atoms. The van der Waals surface area contributed by atoms with Crippen molar-refractivity contribution in [3.8, 4) is 11.8 Å². The van der Waals surface area contributed by atoms with Crippen molar-refractivity contribution in [1.29, 1.82) is 5.26 Å². The minimum Gasteiger partial charge on any atom is -0.426 e. The van der Waals surface area contributed by atoms with Gasteiger partial charge in [-0.25, -0.2) is 0 Å². The summed E-state index contributed by atoms with van der Waals surface area (Å²) in [4.78, 5) is 12.4. The Morgan fingerprint density at radius 3 is 2.59 bits per heavy atom. The Bertz CT molecular complexity index is 659. The third-order valence-electron chi connectivity index (χ3n) is 5.30. The van der Waals surface area contributed by atoms with E-state index in [1.54, 1.807) is 6.08 Å². The monoisotopic (exact) mass is 365 g/mol. The zero-order chi connectivity index (χ0) is 19.3. The van der Waals surface area contributed by atoms with Crippen LogP contribution in [0.25, 0.3) is 0 Å². The SMILES string of the molecule is CCCCc1ccc(OC(=O)[C@H]2CC[C@H](CCC=CC=CC#N)CC2)cc1. The second-order valence-corrected chi connectivity index (χ2v) is 7.38. The molecule has 0 heterocycles. The van der Waals surface area contributed by atoms with Crippen LogP contribution in [0.2, 0.25) is 0 Å². The van der Waals surface area contributed by atoms with Gasteiger partial charge in [0.2, 0.25) is 0 Å². The van der Waals surface area contributed by atoms with Crippen LogP contribution in [-0.2, 0) is 11.2 Å². The lowest BCUT2D eigenvalue weighted by atomic mass is 9.80. The van der Waals surface area contributed by atoms with E-state index in [9.17, 15) is 4.79 Å². The van der Waals surface area contributed by atoms with E-state index in [1.807, 2.05) is 24.3 Å². The van der Waals surface area contributed by atoms with Crippen LogP contribution in [0.5, 0.6) is 5.75 Å². The van der Waals surface area contributed by atoms with Crippen LogP contribution in [0.15, 0.2) is 48.6 Å². The van der Waals surface area contributed by atoms with Gasteiger partial charge in [0, 0.05) is 6.08 Å². The number of esters is 1. The largest absolute Gasteiger partial charge is 0.426 e. The molecule has 0 aromatic heterocycles. The molecule has 1 saturated carbocycles. The zero-order valence-corrected chi connectivity index (χ0v) is 16.4. The van der Waals surface area contributed by atoms with Gasteiger partial charge in [0.25, 0.3) is 0 Å². The minimum absolute atomic E-state index is 0.0371. The van der Waals surface area contributed by atoms with Crippen LogP contribution in [0.3, 0.4) is 0 Å². The van der Waals surface area contributed by atoms with Gasteiger partial charge < -0.3 is 4.74 Å². The molecule has 0 aliphatic heterocycles. The molecule has 0 amide bonds. The summed E-state index contributed by atoms with van der Waals surface area (Å²) in [6.07, 6.45) is 17.0. The van der Waals surface area contributed by atoms with Crippen molar-refractivity contribution in [3.63, 3.8) is 0 Å². The molecule has 1 aliphatic carbocycles. The fraction of sp³-hybridized carbons (Fsp3) is 0.500. The molecule has 144 valence electrons.